The van der Waals surface area contributed by atoms with Gasteiger partial charge in [0.15, 0.2) is 0 Å². The van der Waals surface area contributed by atoms with Crippen molar-refractivity contribution in [2.45, 2.75) is 6.92 Å². The minimum atomic E-state index is -0.796. The second-order valence-electron chi connectivity index (χ2n) is 5.03. The summed E-state index contributed by atoms with van der Waals surface area (Å²) in [5, 5.41) is 11.8. The van der Waals surface area contributed by atoms with E-state index >= 15 is 0 Å². The first-order valence-corrected chi connectivity index (χ1v) is 7.11. The molecule has 1 fully saturated rings. The monoisotopic (exact) mass is 341 g/mol. The van der Waals surface area contributed by atoms with Gasteiger partial charge in [-0.15, -0.1) is 0 Å². The van der Waals surface area contributed by atoms with Crippen LogP contribution < -0.4 is 5.32 Å². The summed E-state index contributed by atoms with van der Waals surface area (Å²) in [5.41, 5.74) is 0. The first-order chi connectivity index (χ1) is 9.45. The molecule has 1 saturated heterocycles. The van der Waals surface area contributed by atoms with Crippen LogP contribution in [0.1, 0.15) is 6.92 Å². The largest absolute Gasteiger partial charge is 0.481 e. The van der Waals surface area contributed by atoms with Crippen LogP contribution in [0, 0.1) is 11.8 Å². The summed E-state index contributed by atoms with van der Waals surface area (Å²) in [4.78, 5) is 28.8. The van der Waals surface area contributed by atoms with Crippen LogP contribution in [0.4, 0.5) is 5.82 Å². The lowest BCUT2D eigenvalue weighted by molar-refractivity contribution is -0.142. The molecule has 1 aliphatic heterocycles. The number of carboxylic acids is 1. The van der Waals surface area contributed by atoms with Gasteiger partial charge in [0.2, 0.25) is 5.91 Å². The lowest BCUT2D eigenvalue weighted by atomic mass is 9.99. The highest BCUT2D eigenvalue weighted by Crippen LogP contribution is 2.22. The van der Waals surface area contributed by atoms with Crippen molar-refractivity contribution in [1.82, 2.24) is 9.88 Å². The van der Waals surface area contributed by atoms with Crippen molar-refractivity contribution in [1.29, 1.82) is 0 Å². The van der Waals surface area contributed by atoms with E-state index < -0.39 is 11.9 Å². The molecule has 6 nitrogen and oxygen atoms in total. The SMILES string of the molecule is CC1CN(CC(=O)Nc2ccc(Br)cn2)CC1C(=O)O. The molecule has 1 aromatic rings. The number of carbonyl (C=O) groups is 2. The van der Waals surface area contributed by atoms with E-state index in [-0.39, 0.29) is 18.4 Å². The standard InChI is InChI=1S/C13H16BrN3O3/c1-8-5-17(6-10(8)13(19)20)7-12(18)16-11-3-2-9(14)4-15-11/h2-4,8,10H,5-7H2,1H3,(H,19,20)(H,15,16,18). The summed E-state index contributed by atoms with van der Waals surface area (Å²) >= 11 is 3.27. The number of anilines is 1. The molecule has 108 valence electrons. The maximum atomic E-state index is 11.9. The van der Waals surface area contributed by atoms with Gasteiger partial charge in [0.1, 0.15) is 5.82 Å². The highest BCUT2D eigenvalue weighted by atomic mass is 79.9. The third-order valence-corrected chi connectivity index (χ3v) is 3.84. The topological polar surface area (TPSA) is 82.5 Å². The van der Waals surface area contributed by atoms with E-state index in [0.29, 0.717) is 18.9 Å². The van der Waals surface area contributed by atoms with Crippen LogP contribution in [-0.4, -0.2) is 46.5 Å². The molecule has 7 heteroatoms. The molecule has 2 heterocycles. The zero-order chi connectivity index (χ0) is 14.7. The number of rotatable bonds is 4. The van der Waals surface area contributed by atoms with E-state index in [1.54, 1.807) is 18.3 Å². The smallest absolute Gasteiger partial charge is 0.308 e. The van der Waals surface area contributed by atoms with Crippen molar-refractivity contribution in [2.24, 2.45) is 11.8 Å². The number of aliphatic carboxylic acids is 1. The van der Waals surface area contributed by atoms with Crippen molar-refractivity contribution in [3.8, 4) is 0 Å². The van der Waals surface area contributed by atoms with E-state index in [2.05, 4.69) is 26.2 Å². The second-order valence-corrected chi connectivity index (χ2v) is 5.94. The number of halogens is 1. The average Bonchev–Trinajstić information content (AvgIpc) is 2.73. The van der Waals surface area contributed by atoms with Crippen molar-refractivity contribution in [2.75, 3.05) is 25.0 Å². The number of amides is 1. The van der Waals surface area contributed by atoms with Gasteiger partial charge in [0.05, 0.1) is 12.5 Å². The molecule has 1 aromatic heterocycles. The summed E-state index contributed by atoms with van der Waals surface area (Å²) in [6.45, 7) is 3.12. The van der Waals surface area contributed by atoms with Crippen LogP contribution in [0.2, 0.25) is 0 Å². The third-order valence-electron chi connectivity index (χ3n) is 3.37. The van der Waals surface area contributed by atoms with Gasteiger partial charge in [-0.25, -0.2) is 4.98 Å². The normalized spacial score (nSPS) is 22.7. The first kappa shape index (κ1) is 14.9. The van der Waals surface area contributed by atoms with Gasteiger partial charge in [0.25, 0.3) is 0 Å². The number of nitrogens with one attached hydrogen (secondary N) is 1. The number of aromatic nitrogens is 1. The van der Waals surface area contributed by atoms with Crippen LogP contribution in [0.25, 0.3) is 0 Å². The summed E-state index contributed by atoms with van der Waals surface area (Å²) < 4.78 is 0.841. The lowest BCUT2D eigenvalue weighted by Crippen LogP contribution is -2.32. The molecule has 0 aromatic carbocycles. The van der Waals surface area contributed by atoms with Gasteiger partial charge >= 0.3 is 5.97 Å². The van der Waals surface area contributed by atoms with Crippen LogP contribution in [0.5, 0.6) is 0 Å². The minimum absolute atomic E-state index is 0.0612. The van der Waals surface area contributed by atoms with Crippen molar-refractivity contribution in [3.05, 3.63) is 22.8 Å². The van der Waals surface area contributed by atoms with Crippen LogP contribution in [-0.2, 0) is 9.59 Å². The molecule has 2 N–H and O–H groups in total. The van der Waals surface area contributed by atoms with Gasteiger partial charge in [-0.2, -0.15) is 0 Å². The second kappa shape index (κ2) is 6.32. The molecule has 2 unspecified atom stereocenters. The maximum absolute atomic E-state index is 11.9. The molecule has 1 aliphatic rings. The van der Waals surface area contributed by atoms with Gasteiger partial charge in [0, 0.05) is 23.8 Å². The highest BCUT2D eigenvalue weighted by Gasteiger charge is 2.35. The van der Waals surface area contributed by atoms with Gasteiger partial charge in [-0.05, 0) is 34.0 Å². The third kappa shape index (κ3) is 3.77. The molecule has 0 radical (unpaired) electrons. The number of carbonyl (C=O) groups excluding carboxylic acids is 1. The predicted molar refractivity (Wildman–Crippen MR) is 77.3 cm³/mol. The van der Waals surface area contributed by atoms with E-state index in [0.717, 1.165) is 4.47 Å². The van der Waals surface area contributed by atoms with Crippen LogP contribution in [0.3, 0.4) is 0 Å². The fraction of sp³-hybridized carbons (Fsp3) is 0.462. The first-order valence-electron chi connectivity index (χ1n) is 6.32. The Bertz CT molecular complexity index is 506. The van der Waals surface area contributed by atoms with E-state index in [9.17, 15) is 9.59 Å². The van der Waals surface area contributed by atoms with Gasteiger partial charge < -0.3 is 10.4 Å². The molecule has 0 bridgehead atoms. The quantitative estimate of drug-likeness (QED) is 0.865. The number of carboxylic acid groups (broad SMARTS) is 1. The highest BCUT2D eigenvalue weighted by molar-refractivity contribution is 9.10. The average molecular weight is 342 g/mol. The van der Waals surface area contributed by atoms with Crippen LogP contribution >= 0.6 is 15.9 Å². The molecule has 20 heavy (non-hydrogen) atoms. The van der Waals surface area contributed by atoms with E-state index in [1.807, 2.05) is 11.8 Å². The van der Waals surface area contributed by atoms with E-state index in [1.165, 1.54) is 0 Å². The maximum Gasteiger partial charge on any atom is 0.308 e. The molecule has 0 spiro atoms. The Morgan fingerprint density at radius 2 is 2.25 bits per heavy atom. The van der Waals surface area contributed by atoms with Gasteiger partial charge in [-0.1, -0.05) is 6.92 Å². The number of hydrogen-bond acceptors (Lipinski definition) is 4. The fourth-order valence-electron chi connectivity index (χ4n) is 2.35. The van der Waals surface area contributed by atoms with Crippen LogP contribution in [0.15, 0.2) is 22.8 Å². The molecule has 2 rings (SSSR count). The number of nitrogens with zero attached hydrogens (tertiary/aromatic N) is 2. The summed E-state index contributed by atoms with van der Waals surface area (Å²) in [5.74, 6) is -0.826. The van der Waals surface area contributed by atoms with Crippen molar-refractivity contribution in [3.63, 3.8) is 0 Å². The summed E-state index contributed by atoms with van der Waals surface area (Å²) in [6, 6.07) is 3.50. The summed E-state index contributed by atoms with van der Waals surface area (Å²) in [6.07, 6.45) is 1.61. The Morgan fingerprint density at radius 3 is 2.80 bits per heavy atom. The van der Waals surface area contributed by atoms with Crippen molar-refractivity contribution >= 4 is 33.6 Å². The zero-order valence-electron chi connectivity index (χ0n) is 11.0. The lowest BCUT2D eigenvalue weighted by Gasteiger charge is -2.14. The Labute approximate surface area is 125 Å². The fourth-order valence-corrected chi connectivity index (χ4v) is 2.59. The Balaban J connectivity index is 1.86. The number of likely N-dealkylation sites (tertiary alicyclic amines) is 1. The summed E-state index contributed by atoms with van der Waals surface area (Å²) in [7, 11) is 0. The Hall–Kier alpha value is -1.47. The molecule has 0 aliphatic carbocycles. The Morgan fingerprint density at radius 1 is 1.50 bits per heavy atom. The predicted octanol–water partition coefficient (Wildman–Crippen LogP) is 1.44. The van der Waals surface area contributed by atoms with Gasteiger partial charge in [-0.3, -0.25) is 14.5 Å². The number of pyridine rings is 1. The molecular weight excluding hydrogens is 326 g/mol. The Kier molecular flexibility index (Phi) is 4.72. The molecule has 1 amide bonds. The minimum Gasteiger partial charge on any atom is -0.481 e. The molecular formula is C13H16BrN3O3. The number of hydrogen-bond donors (Lipinski definition) is 2. The van der Waals surface area contributed by atoms with E-state index in [4.69, 9.17) is 5.11 Å². The zero-order valence-corrected chi connectivity index (χ0v) is 12.6. The molecule has 2 atom stereocenters. The molecule has 0 saturated carbocycles. The van der Waals surface area contributed by atoms with Crippen molar-refractivity contribution < 1.29 is 14.7 Å².